The summed E-state index contributed by atoms with van der Waals surface area (Å²) in [5.41, 5.74) is 8.34. The summed E-state index contributed by atoms with van der Waals surface area (Å²) >= 11 is 1.87. The lowest BCUT2D eigenvalue weighted by Gasteiger charge is -2.21. The third-order valence-corrected chi connectivity index (χ3v) is 6.57. The normalized spacial score (nSPS) is 14.5. The number of rotatable bonds is 1. The van der Waals surface area contributed by atoms with E-state index in [9.17, 15) is 0 Å². The molecule has 1 aliphatic rings. The molecule has 0 radical (unpaired) electrons. The van der Waals surface area contributed by atoms with Gasteiger partial charge >= 0.3 is 0 Å². The molecule has 4 aromatic rings. The standard InChI is InChI=1S/C24H20S/c1-15-12-18-9-8-17(14-23(18)25-15)16-10-11-22-20(13-16)19-6-4-5-7-21(19)24(22,2)3/h4-14H,1-3H3. The zero-order valence-corrected chi connectivity index (χ0v) is 15.6. The molecule has 0 bridgehead atoms. The summed E-state index contributed by atoms with van der Waals surface area (Å²) < 4.78 is 1.37. The Balaban J connectivity index is 1.71. The molecule has 0 amide bonds. The molecule has 0 aliphatic heterocycles. The van der Waals surface area contributed by atoms with Crippen LogP contribution in [-0.4, -0.2) is 0 Å². The second kappa shape index (κ2) is 5.06. The first-order valence-electron chi connectivity index (χ1n) is 8.79. The van der Waals surface area contributed by atoms with Gasteiger partial charge in [-0.3, -0.25) is 0 Å². The Morgan fingerprint density at radius 2 is 1.44 bits per heavy atom. The highest BCUT2D eigenvalue weighted by Gasteiger charge is 2.34. The maximum absolute atomic E-state index is 2.38. The average Bonchev–Trinajstić information content (AvgIpc) is 3.09. The summed E-state index contributed by atoms with van der Waals surface area (Å²) in [6.07, 6.45) is 0. The molecule has 3 aromatic carbocycles. The molecule has 1 heteroatoms. The second-order valence-electron chi connectivity index (χ2n) is 7.54. The fourth-order valence-corrected chi connectivity index (χ4v) is 5.21. The maximum Gasteiger partial charge on any atom is 0.0351 e. The van der Waals surface area contributed by atoms with E-state index < -0.39 is 0 Å². The summed E-state index contributed by atoms with van der Waals surface area (Å²) in [7, 11) is 0. The third kappa shape index (κ3) is 2.12. The molecule has 1 aromatic heterocycles. The molecule has 122 valence electrons. The van der Waals surface area contributed by atoms with Crippen LogP contribution in [0.15, 0.2) is 66.7 Å². The van der Waals surface area contributed by atoms with Gasteiger partial charge in [0.05, 0.1) is 0 Å². The van der Waals surface area contributed by atoms with Crippen molar-refractivity contribution in [2.24, 2.45) is 0 Å². The van der Waals surface area contributed by atoms with Gasteiger partial charge in [0.2, 0.25) is 0 Å². The van der Waals surface area contributed by atoms with Gasteiger partial charge in [0.15, 0.2) is 0 Å². The quantitative estimate of drug-likeness (QED) is 0.344. The summed E-state index contributed by atoms with van der Waals surface area (Å²) in [5, 5.41) is 1.35. The number of benzene rings is 3. The van der Waals surface area contributed by atoms with Gasteiger partial charge in [0.1, 0.15) is 0 Å². The minimum atomic E-state index is 0.0826. The number of aryl methyl sites for hydroxylation is 1. The number of hydrogen-bond acceptors (Lipinski definition) is 1. The lowest BCUT2D eigenvalue weighted by atomic mass is 9.82. The highest BCUT2D eigenvalue weighted by atomic mass is 32.1. The van der Waals surface area contributed by atoms with Crippen molar-refractivity contribution in [3.8, 4) is 22.3 Å². The first-order chi connectivity index (χ1) is 12.0. The van der Waals surface area contributed by atoms with Crippen molar-refractivity contribution in [2.75, 3.05) is 0 Å². The van der Waals surface area contributed by atoms with Gasteiger partial charge in [-0.2, -0.15) is 0 Å². The summed E-state index contributed by atoms with van der Waals surface area (Å²) in [4.78, 5) is 1.37. The molecule has 0 fully saturated rings. The summed E-state index contributed by atoms with van der Waals surface area (Å²) in [6.45, 7) is 6.84. The molecule has 25 heavy (non-hydrogen) atoms. The zero-order chi connectivity index (χ0) is 17.2. The van der Waals surface area contributed by atoms with E-state index in [1.54, 1.807) is 0 Å². The van der Waals surface area contributed by atoms with Gasteiger partial charge < -0.3 is 0 Å². The van der Waals surface area contributed by atoms with E-state index in [0.29, 0.717) is 0 Å². The molecule has 0 N–H and O–H groups in total. The van der Waals surface area contributed by atoms with E-state index >= 15 is 0 Å². The van der Waals surface area contributed by atoms with Crippen molar-refractivity contribution in [1.82, 2.24) is 0 Å². The molecule has 5 rings (SSSR count). The first kappa shape index (κ1) is 14.9. The molecule has 0 spiro atoms. The van der Waals surface area contributed by atoms with Gasteiger partial charge in [-0.15, -0.1) is 11.3 Å². The Morgan fingerprint density at radius 3 is 2.32 bits per heavy atom. The fourth-order valence-electron chi connectivity index (χ4n) is 4.24. The van der Waals surface area contributed by atoms with Crippen LogP contribution >= 0.6 is 11.3 Å². The monoisotopic (exact) mass is 340 g/mol. The van der Waals surface area contributed by atoms with Crippen LogP contribution in [0.5, 0.6) is 0 Å². The smallest absolute Gasteiger partial charge is 0.0351 e. The van der Waals surface area contributed by atoms with E-state index in [1.807, 2.05) is 11.3 Å². The molecular weight excluding hydrogens is 320 g/mol. The van der Waals surface area contributed by atoms with Crippen LogP contribution in [0.25, 0.3) is 32.3 Å². The Labute approximate surface area is 152 Å². The molecule has 0 nitrogen and oxygen atoms in total. The Hall–Kier alpha value is -2.38. The highest BCUT2D eigenvalue weighted by Crippen LogP contribution is 2.49. The molecule has 1 aliphatic carbocycles. The van der Waals surface area contributed by atoms with Crippen LogP contribution in [-0.2, 0) is 5.41 Å². The van der Waals surface area contributed by atoms with Gasteiger partial charge in [-0.1, -0.05) is 62.4 Å². The molecule has 0 atom stereocenters. The van der Waals surface area contributed by atoms with Crippen molar-refractivity contribution in [3.05, 3.63) is 82.7 Å². The van der Waals surface area contributed by atoms with Crippen molar-refractivity contribution in [3.63, 3.8) is 0 Å². The molecule has 0 saturated carbocycles. The minimum Gasteiger partial charge on any atom is -0.141 e. The molecule has 0 unspecified atom stereocenters. The van der Waals surface area contributed by atoms with E-state index in [-0.39, 0.29) is 5.41 Å². The first-order valence-corrected chi connectivity index (χ1v) is 9.61. The van der Waals surface area contributed by atoms with Crippen LogP contribution in [0.3, 0.4) is 0 Å². The van der Waals surface area contributed by atoms with Crippen molar-refractivity contribution in [1.29, 1.82) is 0 Å². The fraction of sp³-hybridized carbons (Fsp3) is 0.167. The summed E-state index contributed by atoms with van der Waals surface area (Å²) in [5.74, 6) is 0. The molecule has 1 heterocycles. The van der Waals surface area contributed by atoms with Crippen LogP contribution in [0.1, 0.15) is 29.9 Å². The van der Waals surface area contributed by atoms with Crippen molar-refractivity contribution in [2.45, 2.75) is 26.2 Å². The van der Waals surface area contributed by atoms with Crippen LogP contribution in [0, 0.1) is 6.92 Å². The molecule has 0 saturated heterocycles. The lowest BCUT2D eigenvalue weighted by molar-refractivity contribution is 0.660. The highest BCUT2D eigenvalue weighted by molar-refractivity contribution is 7.19. The van der Waals surface area contributed by atoms with Gasteiger partial charge in [-0.05, 0) is 63.9 Å². The maximum atomic E-state index is 2.38. The Kier molecular flexibility index (Phi) is 3.02. The van der Waals surface area contributed by atoms with Gasteiger partial charge in [-0.25, -0.2) is 0 Å². The van der Waals surface area contributed by atoms with Crippen LogP contribution in [0.2, 0.25) is 0 Å². The predicted molar refractivity (Wildman–Crippen MR) is 110 cm³/mol. The number of fused-ring (bicyclic) bond motifs is 4. The minimum absolute atomic E-state index is 0.0826. The topological polar surface area (TPSA) is 0 Å². The van der Waals surface area contributed by atoms with E-state index in [0.717, 1.165) is 0 Å². The molecular formula is C24H20S. The number of thiophene rings is 1. The van der Waals surface area contributed by atoms with E-state index in [2.05, 4.69) is 87.5 Å². The zero-order valence-electron chi connectivity index (χ0n) is 14.8. The SMILES string of the molecule is Cc1cc2ccc(-c3ccc4c(c3)-c3ccccc3C4(C)C)cc2s1. The van der Waals surface area contributed by atoms with Gasteiger partial charge in [0.25, 0.3) is 0 Å². The van der Waals surface area contributed by atoms with Crippen molar-refractivity contribution >= 4 is 21.4 Å². The average molecular weight is 340 g/mol. The van der Waals surface area contributed by atoms with Crippen molar-refractivity contribution < 1.29 is 0 Å². The number of hydrogen-bond donors (Lipinski definition) is 0. The Morgan fingerprint density at radius 1 is 0.720 bits per heavy atom. The van der Waals surface area contributed by atoms with Crippen LogP contribution in [0.4, 0.5) is 0 Å². The van der Waals surface area contributed by atoms with E-state index in [4.69, 9.17) is 0 Å². The van der Waals surface area contributed by atoms with Crippen LogP contribution < -0.4 is 0 Å². The largest absolute Gasteiger partial charge is 0.141 e. The summed E-state index contributed by atoms with van der Waals surface area (Å²) in [6, 6.07) is 24.9. The Bertz CT molecular complexity index is 1130. The van der Waals surface area contributed by atoms with Gasteiger partial charge in [0, 0.05) is 15.0 Å². The second-order valence-corrected chi connectivity index (χ2v) is 8.83. The predicted octanol–water partition coefficient (Wildman–Crippen LogP) is 7.18. The lowest BCUT2D eigenvalue weighted by Crippen LogP contribution is -2.14. The third-order valence-electron chi connectivity index (χ3n) is 5.56. The van der Waals surface area contributed by atoms with E-state index in [1.165, 1.54) is 48.3 Å².